The predicted octanol–water partition coefficient (Wildman–Crippen LogP) is 5.62. The summed E-state index contributed by atoms with van der Waals surface area (Å²) >= 11 is 0. The lowest BCUT2D eigenvalue weighted by Gasteiger charge is -2.10. The van der Waals surface area contributed by atoms with Crippen LogP contribution in [0.15, 0.2) is 77.8 Å². The van der Waals surface area contributed by atoms with Crippen molar-refractivity contribution in [3.05, 3.63) is 99.6 Å². The molecule has 0 aliphatic heterocycles. The third kappa shape index (κ3) is 5.07. The van der Waals surface area contributed by atoms with E-state index in [4.69, 9.17) is 0 Å². The molecule has 0 saturated heterocycles. The molecular formula is C21H14F3N3O3. The quantitative estimate of drug-likeness (QED) is 0.335. The minimum absolute atomic E-state index is 0.0560. The summed E-state index contributed by atoms with van der Waals surface area (Å²) in [4.78, 5) is 27.0. The number of alkyl halides is 3. The van der Waals surface area contributed by atoms with Crippen LogP contribution < -0.4 is 5.32 Å². The number of anilines is 1. The van der Waals surface area contributed by atoms with E-state index in [-0.39, 0.29) is 11.3 Å². The summed E-state index contributed by atoms with van der Waals surface area (Å²) in [5, 5.41) is 13.5. The maximum absolute atomic E-state index is 12.7. The van der Waals surface area contributed by atoms with Crippen molar-refractivity contribution in [2.75, 3.05) is 5.32 Å². The molecule has 9 heteroatoms. The van der Waals surface area contributed by atoms with E-state index in [9.17, 15) is 28.1 Å². The molecule has 0 bridgehead atoms. The highest BCUT2D eigenvalue weighted by molar-refractivity contribution is 6.06. The fourth-order valence-corrected chi connectivity index (χ4v) is 2.56. The summed E-state index contributed by atoms with van der Waals surface area (Å²) in [7, 11) is 0. The van der Waals surface area contributed by atoms with Gasteiger partial charge < -0.3 is 5.32 Å². The van der Waals surface area contributed by atoms with Crippen LogP contribution in [0.1, 0.15) is 21.5 Å². The number of hydrogen-bond acceptors (Lipinski definition) is 4. The molecule has 0 radical (unpaired) electrons. The molecule has 0 aliphatic rings. The molecule has 3 aromatic rings. The van der Waals surface area contributed by atoms with Gasteiger partial charge in [0.15, 0.2) is 0 Å². The molecule has 0 unspecified atom stereocenters. The van der Waals surface area contributed by atoms with Gasteiger partial charge in [0.1, 0.15) is 0 Å². The number of nitro groups is 1. The molecule has 30 heavy (non-hydrogen) atoms. The zero-order chi connectivity index (χ0) is 21.7. The Morgan fingerprint density at radius 3 is 2.37 bits per heavy atom. The zero-order valence-electron chi connectivity index (χ0n) is 15.3. The smallest absolute Gasteiger partial charge is 0.320 e. The van der Waals surface area contributed by atoms with Gasteiger partial charge in [0, 0.05) is 23.9 Å². The Kier molecular flexibility index (Phi) is 5.91. The Morgan fingerprint density at radius 1 is 1.00 bits per heavy atom. The first-order valence-corrected chi connectivity index (χ1v) is 8.60. The molecule has 0 aliphatic carbocycles. The van der Waals surface area contributed by atoms with E-state index in [2.05, 4.69) is 10.3 Å². The summed E-state index contributed by atoms with van der Waals surface area (Å²) in [6.07, 6.45) is -3.07. The van der Waals surface area contributed by atoms with Gasteiger partial charge in [-0.15, -0.1) is 0 Å². The van der Waals surface area contributed by atoms with Crippen molar-refractivity contribution in [2.24, 2.45) is 4.99 Å². The Hall–Kier alpha value is -4.01. The van der Waals surface area contributed by atoms with Crippen molar-refractivity contribution in [3.63, 3.8) is 0 Å². The lowest BCUT2D eigenvalue weighted by molar-refractivity contribution is -0.384. The minimum Gasteiger partial charge on any atom is -0.320 e. The van der Waals surface area contributed by atoms with Crippen LogP contribution in [-0.4, -0.2) is 17.0 Å². The SMILES string of the molecule is O=C(Nc1ccccc1N=Cc1cccc([N+](=O)[O-])c1)c1ccc(C(F)(F)F)cc1. The second-order valence-electron chi connectivity index (χ2n) is 6.16. The third-order valence-electron chi connectivity index (χ3n) is 4.06. The number of benzene rings is 3. The van der Waals surface area contributed by atoms with E-state index in [1.807, 2.05) is 0 Å². The van der Waals surface area contributed by atoms with E-state index in [0.717, 1.165) is 24.3 Å². The van der Waals surface area contributed by atoms with Gasteiger partial charge in [-0.3, -0.25) is 19.9 Å². The van der Waals surface area contributed by atoms with Crippen LogP contribution in [-0.2, 0) is 6.18 Å². The number of hydrogen-bond donors (Lipinski definition) is 1. The Morgan fingerprint density at radius 2 is 1.70 bits per heavy atom. The lowest BCUT2D eigenvalue weighted by Crippen LogP contribution is -2.13. The van der Waals surface area contributed by atoms with Gasteiger partial charge in [0.2, 0.25) is 0 Å². The number of halogens is 3. The first kappa shape index (κ1) is 20.7. The van der Waals surface area contributed by atoms with Crippen LogP contribution in [0.5, 0.6) is 0 Å². The number of carbonyl (C=O) groups excluding carboxylic acids is 1. The maximum Gasteiger partial charge on any atom is 0.416 e. The summed E-state index contributed by atoms with van der Waals surface area (Å²) in [6.45, 7) is 0. The van der Waals surface area contributed by atoms with Crippen LogP contribution in [0.25, 0.3) is 0 Å². The Bertz CT molecular complexity index is 1110. The number of non-ortho nitro benzene ring substituents is 1. The molecule has 0 spiro atoms. The predicted molar refractivity (Wildman–Crippen MR) is 106 cm³/mol. The monoisotopic (exact) mass is 413 g/mol. The highest BCUT2D eigenvalue weighted by Crippen LogP contribution is 2.29. The number of nitrogens with one attached hydrogen (secondary N) is 1. The lowest BCUT2D eigenvalue weighted by atomic mass is 10.1. The molecule has 3 aromatic carbocycles. The van der Waals surface area contributed by atoms with Gasteiger partial charge in [0.25, 0.3) is 11.6 Å². The van der Waals surface area contributed by atoms with Gasteiger partial charge in [-0.2, -0.15) is 13.2 Å². The van der Waals surface area contributed by atoms with Crippen molar-refractivity contribution >= 4 is 29.2 Å². The minimum atomic E-state index is -4.48. The maximum atomic E-state index is 12.7. The van der Waals surface area contributed by atoms with Crippen LogP contribution in [0.3, 0.4) is 0 Å². The molecule has 1 amide bonds. The molecule has 0 heterocycles. The fourth-order valence-electron chi connectivity index (χ4n) is 2.56. The zero-order valence-corrected chi connectivity index (χ0v) is 15.3. The third-order valence-corrected chi connectivity index (χ3v) is 4.06. The van der Waals surface area contributed by atoms with Crippen LogP contribution >= 0.6 is 0 Å². The van der Waals surface area contributed by atoms with Crippen molar-refractivity contribution in [1.29, 1.82) is 0 Å². The average molecular weight is 413 g/mol. The van der Waals surface area contributed by atoms with Crippen molar-refractivity contribution in [1.82, 2.24) is 0 Å². The summed E-state index contributed by atoms with van der Waals surface area (Å²) < 4.78 is 38.0. The highest BCUT2D eigenvalue weighted by Gasteiger charge is 2.30. The van der Waals surface area contributed by atoms with Gasteiger partial charge in [-0.25, -0.2) is 0 Å². The molecular weight excluding hydrogens is 399 g/mol. The van der Waals surface area contributed by atoms with Gasteiger partial charge >= 0.3 is 6.18 Å². The molecule has 0 atom stereocenters. The van der Waals surface area contributed by atoms with Crippen molar-refractivity contribution in [2.45, 2.75) is 6.18 Å². The molecule has 6 nitrogen and oxygen atoms in total. The normalized spacial score (nSPS) is 11.4. The average Bonchev–Trinajstić information content (AvgIpc) is 2.72. The summed E-state index contributed by atoms with van der Waals surface area (Å²) in [5.74, 6) is -0.596. The van der Waals surface area contributed by atoms with Crippen molar-refractivity contribution in [3.8, 4) is 0 Å². The van der Waals surface area contributed by atoms with E-state index >= 15 is 0 Å². The van der Waals surface area contributed by atoms with Crippen LogP contribution in [0.4, 0.5) is 30.2 Å². The highest BCUT2D eigenvalue weighted by atomic mass is 19.4. The standard InChI is InChI=1S/C21H14F3N3O3/c22-21(23,24)16-10-8-15(9-11-16)20(28)26-19-7-2-1-6-18(19)25-13-14-4-3-5-17(12-14)27(29)30/h1-13H,(H,26,28). The summed E-state index contributed by atoms with van der Waals surface area (Å²) in [5.41, 5.74) is 0.339. The fraction of sp³-hybridized carbons (Fsp3) is 0.0476. The number of nitrogens with zero attached hydrogens (tertiary/aromatic N) is 2. The second-order valence-corrected chi connectivity index (χ2v) is 6.16. The second kappa shape index (κ2) is 8.56. The number of rotatable bonds is 5. The van der Waals surface area contributed by atoms with E-state index in [0.29, 0.717) is 16.9 Å². The largest absolute Gasteiger partial charge is 0.416 e. The number of para-hydroxylation sites is 2. The number of carbonyl (C=O) groups is 1. The number of amides is 1. The van der Waals surface area contributed by atoms with E-state index in [1.54, 1.807) is 30.3 Å². The molecule has 152 valence electrons. The van der Waals surface area contributed by atoms with E-state index in [1.165, 1.54) is 24.4 Å². The van der Waals surface area contributed by atoms with Crippen LogP contribution in [0, 0.1) is 10.1 Å². The summed E-state index contributed by atoms with van der Waals surface area (Å²) in [6, 6.07) is 16.3. The molecule has 0 fully saturated rings. The number of nitro benzene ring substituents is 1. The van der Waals surface area contributed by atoms with Gasteiger partial charge in [-0.05, 0) is 42.0 Å². The van der Waals surface area contributed by atoms with Gasteiger partial charge in [-0.1, -0.05) is 24.3 Å². The van der Waals surface area contributed by atoms with Crippen LogP contribution in [0.2, 0.25) is 0 Å². The molecule has 3 rings (SSSR count). The molecule has 0 aromatic heterocycles. The van der Waals surface area contributed by atoms with Crippen molar-refractivity contribution < 1.29 is 22.9 Å². The first-order valence-electron chi connectivity index (χ1n) is 8.60. The Labute approximate surface area is 168 Å². The van der Waals surface area contributed by atoms with Gasteiger partial charge in [0.05, 0.1) is 21.9 Å². The first-order chi connectivity index (χ1) is 14.2. The molecule has 1 N–H and O–H groups in total. The number of aliphatic imine (C=N–C) groups is 1. The van der Waals surface area contributed by atoms with E-state index < -0.39 is 22.6 Å². The topological polar surface area (TPSA) is 84.6 Å². The molecule has 0 saturated carbocycles. The Balaban J connectivity index is 1.79.